The van der Waals surface area contributed by atoms with Gasteiger partial charge in [0.2, 0.25) is 5.91 Å². The van der Waals surface area contributed by atoms with Crippen molar-refractivity contribution in [2.24, 2.45) is 28.6 Å². The number of nitrogens with zero attached hydrogens (tertiary/aromatic N) is 5. The van der Waals surface area contributed by atoms with Crippen LogP contribution >= 0.6 is 11.3 Å². The first-order valence-corrected chi connectivity index (χ1v) is 22.9. The van der Waals surface area contributed by atoms with E-state index in [1.54, 1.807) is 5.01 Å². The molecule has 5 aliphatic heterocycles. The first-order valence-electron chi connectivity index (χ1n) is 22.0. The molecule has 6 bridgehead atoms. The van der Waals surface area contributed by atoms with E-state index in [4.69, 9.17) is 28.9 Å². The number of likely N-dealkylation sites (tertiary alicyclic amines) is 1. The lowest BCUT2D eigenvalue weighted by atomic mass is 9.76. The summed E-state index contributed by atoms with van der Waals surface area (Å²) in [4.78, 5) is 55.5. The van der Waals surface area contributed by atoms with Crippen LogP contribution in [0, 0.1) is 28.6 Å². The van der Waals surface area contributed by atoms with E-state index in [0.717, 1.165) is 62.8 Å². The summed E-state index contributed by atoms with van der Waals surface area (Å²) in [6.07, 6.45) is 3.29. The molecule has 14 nitrogen and oxygen atoms in total. The summed E-state index contributed by atoms with van der Waals surface area (Å²) < 4.78 is 26.5. The van der Waals surface area contributed by atoms with Gasteiger partial charge < -0.3 is 28.8 Å². The molecule has 1 aliphatic carbocycles. The van der Waals surface area contributed by atoms with Crippen LogP contribution in [-0.4, -0.2) is 114 Å². The molecule has 324 valence electrons. The molecule has 1 spiro atoms. The third-order valence-corrected chi connectivity index (χ3v) is 15.0. The zero-order valence-corrected chi connectivity index (χ0v) is 36.6. The minimum atomic E-state index is -0.940. The molecule has 6 aliphatic rings. The molecule has 8 heterocycles. The lowest BCUT2D eigenvalue weighted by Crippen LogP contribution is -2.70. The van der Waals surface area contributed by atoms with Gasteiger partial charge in [0.15, 0.2) is 0 Å². The van der Waals surface area contributed by atoms with Crippen LogP contribution in [0.25, 0.3) is 33.4 Å². The number of amides is 2. The fourth-order valence-electron chi connectivity index (χ4n) is 10.4. The number of pyridine rings is 1. The number of thiazole rings is 1. The maximum absolute atomic E-state index is 15.0. The molecule has 4 fully saturated rings. The van der Waals surface area contributed by atoms with E-state index in [1.807, 2.05) is 19.2 Å². The number of hydrogen-bond acceptors (Lipinski definition) is 12. The Morgan fingerprint density at radius 3 is 2.59 bits per heavy atom. The summed E-state index contributed by atoms with van der Waals surface area (Å²) in [6, 6.07) is 8.46. The zero-order chi connectivity index (χ0) is 42.2. The highest BCUT2D eigenvalue weighted by Gasteiger charge is 2.56. The van der Waals surface area contributed by atoms with E-state index in [-0.39, 0.29) is 47.7 Å². The van der Waals surface area contributed by atoms with Crippen LogP contribution in [0.15, 0.2) is 41.9 Å². The van der Waals surface area contributed by atoms with Crippen molar-refractivity contribution in [2.75, 3.05) is 59.3 Å². The van der Waals surface area contributed by atoms with Crippen LogP contribution in [0.3, 0.4) is 0 Å². The second kappa shape index (κ2) is 15.8. The fraction of sp³-hybridized carbons (Fsp3) is 0.587. The number of rotatable bonds is 3. The van der Waals surface area contributed by atoms with Gasteiger partial charge >= 0.3 is 5.97 Å². The summed E-state index contributed by atoms with van der Waals surface area (Å²) in [5, 5.41) is 8.72. The summed E-state index contributed by atoms with van der Waals surface area (Å²) in [5.74, 6) is -0.495. The maximum Gasteiger partial charge on any atom is 0.324 e. The highest BCUT2D eigenvalue weighted by Crippen LogP contribution is 2.48. The molecule has 3 saturated heterocycles. The number of fused-ring (bicyclic) bond motifs is 11. The van der Waals surface area contributed by atoms with E-state index in [2.05, 4.69) is 77.6 Å². The highest BCUT2D eigenvalue weighted by molar-refractivity contribution is 7.10. The normalized spacial score (nSPS) is 30.2. The predicted molar refractivity (Wildman–Crippen MR) is 229 cm³/mol. The molecule has 4 aromatic rings. The van der Waals surface area contributed by atoms with Gasteiger partial charge in [-0.05, 0) is 67.9 Å². The van der Waals surface area contributed by atoms with Crippen LogP contribution < -0.4 is 10.7 Å². The van der Waals surface area contributed by atoms with E-state index >= 15 is 0 Å². The Kier molecular flexibility index (Phi) is 10.6. The Labute approximate surface area is 360 Å². The minimum absolute atomic E-state index is 0.0449. The molecule has 7 atom stereocenters. The van der Waals surface area contributed by atoms with Crippen molar-refractivity contribution in [3.63, 3.8) is 0 Å². The summed E-state index contributed by atoms with van der Waals surface area (Å²) in [7, 11) is 0. The fourth-order valence-corrected chi connectivity index (χ4v) is 11.4. The second-order valence-corrected chi connectivity index (χ2v) is 20.1. The molecule has 10 rings (SSSR count). The van der Waals surface area contributed by atoms with Gasteiger partial charge in [0.25, 0.3) is 5.91 Å². The van der Waals surface area contributed by atoms with Gasteiger partial charge in [0, 0.05) is 76.5 Å². The number of ether oxygens (including phenoxy) is 4. The van der Waals surface area contributed by atoms with E-state index in [0.29, 0.717) is 65.4 Å². The van der Waals surface area contributed by atoms with Crippen LogP contribution in [0.1, 0.15) is 75.9 Å². The SMILES string of the molecule is C[C@@H]1OCCOCCn2c(c3c4cc(ccc42)-c2csc(n2)[C@@H](N2CC4(COC4)C2)[C@H](NC(=O)C2[C@@H](C)[C@H]2C)C(=O)N2CCC[C@H](N2)C(=O)OCC(C)(C)C3)-c2cccnc21. The Morgan fingerprint density at radius 1 is 1.00 bits per heavy atom. The molecule has 3 aromatic heterocycles. The monoisotopic (exact) mass is 851 g/mol. The number of nitrogens with one attached hydrogen (secondary N) is 2. The van der Waals surface area contributed by atoms with Gasteiger partial charge in [-0.3, -0.25) is 29.3 Å². The Bertz CT molecular complexity index is 2340. The van der Waals surface area contributed by atoms with Gasteiger partial charge in [-0.25, -0.2) is 10.4 Å². The number of carbonyl (C=O) groups is 3. The smallest absolute Gasteiger partial charge is 0.324 e. The second-order valence-electron chi connectivity index (χ2n) is 19.2. The Morgan fingerprint density at radius 2 is 1.82 bits per heavy atom. The highest BCUT2D eigenvalue weighted by atomic mass is 32.1. The van der Waals surface area contributed by atoms with Crippen molar-refractivity contribution in [1.82, 2.24) is 35.2 Å². The summed E-state index contributed by atoms with van der Waals surface area (Å²) in [5.41, 5.74) is 9.67. The third-order valence-electron chi connectivity index (χ3n) is 14.1. The lowest BCUT2D eigenvalue weighted by molar-refractivity contribution is -0.202. The van der Waals surface area contributed by atoms with Crippen LogP contribution in [0.5, 0.6) is 0 Å². The number of cyclic esters (lactones) is 1. The van der Waals surface area contributed by atoms with Crippen molar-refractivity contribution in [3.05, 3.63) is 58.2 Å². The van der Waals surface area contributed by atoms with E-state index in [9.17, 15) is 14.4 Å². The van der Waals surface area contributed by atoms with E-state index in [1.165, 1.54) is 11.3 Å². The van der Waals surface area contributed by atoms with Crippen LogP contribution in [-0.2, 0) is 46.3 Å². The summed E-state index contributed by atoms with van der Waals surface area (Å²) >= 11 is 1.52. The predicted octanol–water partition coefficient (Wildman–Crippen LogP) is 5.32. The van der Waals surface area contributed by atoms with E-state index < -0.39 is 29.5 Å². The van der Waals surface area contributed by atoms with Crippen molar-refractivity contribution in [3.8, 4) is 22.5 Å². The van der Waals surface area contributed by atoms with Gasteiger partial charge in [-0.15, -0.1) is 11.3 Å². The van der Waals surface area contributed by atoms with Crippen LogP contribution in [0.4, 0.5) is 0 Å². The molecule has 61 heavy (non-hydrogen) atoms. The molecule has 2 amide bonds. The first kappa shape index (κ1) is 40.8. The lowest BCUT2D eigenvalue weighted by Gasteiger charge is -2.58. The third kappa shape index (κ3) is 7.48. The number of hydrogen-bond donors (Lipinski definition) is 2. The van der Waals surface area contributed by atoms with Gasteiger partial charge in [-0.2, -0.15) is 0 Å². The molecule has 1 aromatic carbocycles. The largest absolute Gasteiger partial charge is 0.464 e. The van der Waals surface area contributed by atoms with Crippen LogP contribution in [0.2, 0.25) is 0 Å². The van der Waals surface area contributed by atoms with Gasteiger partial charge in [0.05, 0.1) is 68.9 Å². The van der Waals surface area contributed by atoms with Gasteiger partial charge in [-0.1, -0.05) is 33.8 Å². The average Bonchev–Trinajstić information content (AvgIpc) is 3.49. The topological polar surface area (TPSA) is 149 Å². The number of esters is 1. The Hall–Kier alpha value is -4.25. The van der Waals surface area contributed by atoms with Crippen molar-refractivity contribution < 1.29 is 33.3 Å². The van der Waals surface area contributed by atoms with Gasteiger partial charge in [0.1, 0.15) is 17.1 Å². The first-order chi connectivity index (χ1) is 29.4. The van der Waals surface area contributed by atoms with Crippen molar-refractivity contribution in [1.29, 1.82) is 0 Å². The molecular formula is C46H57N7O7S. The summed E-state index contributed by atoms with van der Waals surface area (Å²) in [6.45, 7) is 15.9. The molecule has 0 radical (unpaired) electrons. The number of benzene rings is 1. The van der Waals surface area contributed by atoms with Crippen molar-refractivity contribution in [2.45, 2.75) is 84.7 Å². The van der Waals surface area contributed by atoms with Crippen molar-refractivity contribution >= 4 is 40.0 Å². The maximum atomic E-state index is 15.0. The standard InChI is InChI=1S/C46H57N7O7S/c1-26-27(2)36(26)41(54)49-38-40(51-21-46(22-51)24-58-25-46)42-48-34(20-61-42)29-10-11-35-31(18-29)32(19-45(4,5)23-60-44(56)33-9-7-13-53(50-33)43(38)55)39-30-8-6-12-47-37(30)28(3)59-17-16-57-15-14-52(35)39/h6,8,10-12,18,20,26-28,33,36,38,40,50H,7,9,13-17,19,21-25H2,1-5H3,(H,49,54)/t26-,27+,28-,33-,36?,38-,40-/m0/s1. The number of aromatic nitrogens is 3. The molecule has 1 unspecified atom stereocenters. The molecule has 15 heteroatoms. The zero-order valence-electron chi connectivity index (χ0n) is 35.8. The number of carbonyl (C=O) groups excluding carboxylic acids is 3. The average molecular weight is 852 g/mol. The number of hydrazine groups is 1. The molecule has 2 N–H and O–H groups in total. The quantitative estimate of drug-likeness (QED) is 0.258. The minimum Gasteiger partial charge on any atom is -0.464 e. The molecule has 1 saturated carbocycles. The molecular weight excluding hydrogens is 795 g/mol. The Balaban J connectivity index is 1.13.